The van der Waals surface area contributed by atoms with Gasteiger partial charge >= 0.3 is 0 Å². The van der Waals surface area contributed by atoms with Gasteiger partial charge in [-0.2, -0.15) is 5.26 Å². The first-order chi connectivity index (χ1) is 13.3. The molecular formula is C25H34FN. The number of rotatable bonds is 7. The van der Waals surface area contributed by atoms with Gasteiger partial charge in [0.1, 0.15) is 0 Å². The summed E-state index contributed by atoms with van der Waals surface area (Å²) in [6.45, 7) is -0.223. The Hall–Kier alpha value is -1.62. The maximum atomic E-state index is 12.2. The molecular weight excluding hydrogens is 333 g/mol. The zero-order valence-electron chi connectivity index (χ0n) is 16.6. The third kappa shape index (κ3) is 6.20. The third-order valence-electron chi connectivity index (χ3n) is 6.92. The highest BCUT2D eigenvalue weighted by molar-refractivity contribution is 5.33. The molecule has 0 unspecified atom stereocenters. The number of allylic oxidation sites excluding steroid dienone is 2. The summed E-state index contributed by atoms with van der Waals surface area (Å²) in [6, 6.07) is 10.4. The molecule has 0 saturated heterocycles. The lowest BCUT2D eigenvalue weighted by atomic mass is 9.74. The third-order valence-corrected chi connectivity index (χ3v) is 6.92. The number of benzene rings is 1. The van der Waals surface area contributed by atoms with Crippen molar-refractivity contribution in [3.8, 4) is 6.07 Å². The molecule has 2 aliphatic rings. The second-order valence-electron chi connectivity index (χ2n) is 8.72. The van der Waals surface area contributed by atoms with E-state index in [0.717, 1.165) is 17.4 Å². The highest BCUT2D eigenvalue weighted by Crippen LogP contribution is 2.39. The molecule has 1 aromatic carbocycles. The summed E-state index contributed by atoms with van der Waals surface area (Å²) < 4.78 is 12.2. The molecule has 0 spiro atoms. The fourth-order valence-corrected chi connectivity index (χ4v) is 5.11. The Labute approximate surface area is 164 Å². The van der Waals surface area contributed by atoms with E-state index in [0.29, 0.717) is 18.3 Å². The Morgan fingerprint density at radius 3 is 2.04 bits per heavy atom. The number of nitrogens with zero attached hydrogens (tertiary/aromatic N) is 1. The van der Waals surface area contributed by atoms with E-state index >= 15 is 0 Å². The van der Waals surface area contributed by atoms with Crippen molar-refractivity contribution in [2.75, 3.05) is 6.67 Å². The second-order valence-corrected chi connectivity index (χ2v) is 8.72. The number of halogens is 1. The van der Waals surface area contributed by atoms with Crippen LogP contribution >= 0.6 is 0 Å². The van der Waals surface area contributed by atoms with Crippen molar-refractivity contribution in [1.29, 1.82) is 5.26 Å². The molecule has 0 radical (unpaired) electrons. The van der Waals surface area contributed by atoms with Crippen molar-refractivity contribution >= 4 is 0 Å². The molecule has 0 N–H and O–H groups in total. The van der Waals surface area contributed by atoms with Gasteiger partial charge in [-0.25, -0.2) is 0 Å². The first-order valence-electron chi connectivity index (χ1n) is 11.0. The lowest BCUT2D eigenvalue weighted by Gasteiger charge is -2.31. The van der Waals surface area contributed by atoms with Crippen LogP contribution in [0.3, 0.4) is 0 Å². The van der Waals surface area contributed by atoms with E-state index in [9.17, 15) is 4.39 Å². The van der Waals surface area contributed by atoms with Crippen molar-refractivity contribution in [2.24, 2.45) is 17.8 Å². The molecule has 2 saturated carbocycles. The average Bonchev–Trinajstić information content (AvgIpc) is 2.74. The number of nitriles is 1. The maximum Gasteiger partial charge on any atom is 0.0991 e. The molecule has 0 aromatic heterocycles. The van der Waals surface area contributed by atoms with Gasteiger partial charge in [-0.3, -0.25) is 4.39 Å². The van der Waals surface area contributed by atoms with Crippen molar-refractivity contribution in [3.63, 3.8) is 0 Å². The summed E-state index contributed by atoms with van der Waals surface area (Å²) in [5.74, 6) is 3.24. The van der Waals surface area contributed by atoms with Gasteiger partial charge in [0.15, 0.2) is 0 Å². The summed E-state index contributed by atoms with van der Waals surface area (Å²) >= 11 is 0. The number of hydrogen-bond donors (Lipinski definition) is 0. The van der Waals surface area contributed by atoms with Crippen molar-refractivity contribution in [2.45, 2.75) is 76.5 Å². The molecule has 0 atom stereocenters. The van der Waals surface area contributed by atoms with Gasteiger partial charge in [-0.15, -0.1) is 0 Å². The number of hydrogen-bond acceptors (Lipinski definition) is 1. The molecule has 2 heteroatoms. The Morgan fingerprint density at radius 1 is 0.889 bits per heavy atom. The topological polar surface area (TPSA) is 23.8 Å². The van der Waals surface area contributed by atoms with Crippen LogP contribution in [0.25, 0.3) is 0 Å². The molecule has 0 aliphatic heterocycles. The van der Waals surface area contributed by atoms with Gasteiger partial charge in [0.05, 0.1) is 18.3 Å². The lowest BCUT2D eigenvalue weighted by Crippen LogP contribution is -2.17. The summed E-state index contributed by atoms with van der Waals surface area (Å²) in [6.07, 6.45) is 18.4. The highest BCUT2D eigenvalue weighted by Gasteiger charge is 2.24. The predicted molar refractivity (Wildman–Crippen MR) is 110 cm³/mol. The van der Waals surface area contributed by atoms with Crippen LogP contribution < -0.4 is 0 Å². The van der Waals surface area contributed by atoms with Gasteiger partial charge in [0.2, 0.25) is 0 Å². The minimum absolute atomic E-state index is 0.223. The molecule has 3 rings (SSSR count). The highest BCUT2D eigenvalue weighted by atomic mass is 19.1. The summed E-state index contributed by atoms with van der Waals surface area (Å²) in [5, 5.41) is 8.94. The van der Waals surface area contributed by atoms with Crippen LogP contribution in [0.4, 0.5) is 4.39 Å². The van der Waals surface area contributed by atoms with E-state index in [2.05, 4.69) is 24.3 Å². The van der Waals surface area contributed by atoms with Crippen LogP contribution in [0.15, 0.2) is 36.4 Å². The second kappa shape index (κ2) is 10.6. The molecule has 2 aliphatic carbocycles. The molecule has 0 heterocycles. The molecule has 2 fully saturated rings. The first kappa shape index (κ1) is 20.1. The Bertz CT molecular complexity index is 611. The number of alkyl halides is 1. The molecule has 146 valence electrons. The van der Waals surface area contributed by atoms with Crippen molar-refractivity contribution in [1.82, 2.24) is 0 Å². The molecule has 1 aromatic rings. The summed E-state index contributed by atoms with van der Waals surface area (Å²) in [4.78, 5) is 0. The normalized spacial score (nSPS) is 28.9. The van der Waals surface area contributed by atoms with Gasteiger partial charge in [-0.1, -0.05) is 37.1 Å². The SMILES string of the molecule is N#Cc1ccc([C@H]2CC[C@H](CC[C@H]3CC[C@H](C=CCCF)CC3)CC2)cc1. The van der Waals surface area contributed by atoms with Crippen LogP contribution in [-0.2, 0) is 0 Å². The Balaban J connectivity index is 1.33. The zero-order chi connectivity index (χ0) is 18.9. The van der Waals surface area contributed by atoms with E-state index in [-0.39, 0.29) is 6.67 Å². The fourth-order valence-electron chi connectivity index (χ4n) is 5.11. The first-order valence-corrected chi connectivity index (χ1v) is 11.0. The quantitative estimate of drug-likeness (QED) is 0.463. The monoisotopic (exact) mass is 367 g/mol. The Kier molecular flexibility index (Phi) is 7.93. The van der Waals surface area contributed by atoms with Crippen LogP contribution in [0.5, 0.6) is 0 Å². The van der Waals surface area contributed by atoms with E-state index < -0.39 is 0 Å². The van der Waals surface area contributed by atoms with E-state index in [1.54, 1.807) is 0 Å². The maximum absolute atomic E-state index is 12.2. The van der Waals surface area contributed by atoms with Crippen LogP contribution in [0.2, 0.25) is 0 Å². The standard InChI is InChI=1S/C25H34FN/c26-18-2-1-3-20-4-6-21(7-5-20)8-9-22-10-14-24(15-11-22)25-16-12-23(19-27)13-17-25/h1,3,12-13,16-17,20-22,24H,2,4-11,14-15,18H2/t20-,21-,22-,24-. The fraction of sp³-hybridized carbons (Fsp3) is 0.640. The van der Waals surface area contributed by atoms with Crippen LogP contribution in [0.1, 0.15) is 87.7 Å². The Morgan fingerprint density at radius 2 is 1.48 bits per heavy atom. The lowest BCUT2D eigenvalue weighted by molar-refractivity contribution is 0.246. The van der Waals surface area contributed by atoms with Crippen molar-refractivity contribution in [3.05, 3.63) is 47.5 Å². The predicted octanol–water partition coefficient (Wildman–Crippen LogP) is 7.33. The van der Waals surface area contributed by atoms with Gasteiger partial charge in [-0.05, 0) is 99.2 Å². The smallest absolute Gasteiger partial charge is 0.0991 e. The molecule has 0 bridgehead atoms. The van der Waals surface area contributed by atoms with E-state index in [1.807, 2.05) is 18.2 Å². The van der Waals surface area contributed by atoms with Gasteiger partial charge < -0.3 is 0 Å². The molecule has 1 nitrogen and oxygen atoms in total. The minimum Gasteiger partial charge on any atom is -0.251 e. The van der Waals surface area contributed by atoms with Crippen LogP contribution in [-0.4, -0.2) is 6.67 Å². The van der Waals surface area contributed by atoms with Gasteiger partial charge in [0, 0.05) is 0 Å². The van der Waals surface area contributed by atoms with Crippen LogP contribution in [0, 0.1) is 29.1 Å². The van der Waals surface area contributed by atoms with Gasteiger partial charge in [0.25, 0.3) is 0 Å². The van der Waals surface area contributed by atoms with E-state index in [4.69, 9.17) is 5.26 Å². The summed E-state index contributed by atoms with van der Waals surface area (Å²) in [7, 11) is 0. The molecule has 0 amide bonds. The van der Waals surface area contributed by atoms with E-state index in [1.165, 1.54) is 69.8 Å². The minimum atomic E-state index is -0.223. The largest absolute Gasteiger partial charge is 0.251 e. The average molecular weight is 368 g/mol. The molecule has 27 heavy (non-hydrogen) atoms. The van der Waals surface area contributed by atoms with Crippen molar-refractivity contribution < 1.29 is 4.39 Å². The zero-order valence-corrected chi connectivity index (χ0v) is 16.6. The summed E-state index contributed by atoms with van der Waals surface area (Å²) in [5.41, 5.74) is 2.19.